The summed E-state index contributed by atoms with van der Waals surface area (Å²) < 4.78 is 21.9. The Hall–Kier alpha value is -0.110. The highest BCUT2D eigenvalue weighted by atomic mass is 35.5. The minimum atomic E-state index is -2.63. The lowest BCUT2D eigenvalue weighted by Crippen LogP contribution is -2.06. The van der Waals surface area contributed by atoms with E-state index in [0.717, 1.165) is 0 Å². The monoisotopic (exact) mass is 314 g/mol. The molecule has 0 amide bonds. The van der Waals surface area contributed by atoms with Gasteiger partial charge in [0.25, 0.3) is 0 Å². The lowest BCUT2D eigenvalue weighted by Gasteiger charge is -2.15. The third-order valence-electron chi connectivity index (χ3n) is 1.58. The van der Waals surface area contributed by atoms with Gasteiger partial charge in [-0.15, -0.1) is 23.2 Å². The summed E-state index contributed by atoms with van der Waals surface area (Å²) in [4.78, 5) is -1.09. The Kier molecular flexibility index (Phi) is 6.84. The van der Waals surface area contributed by atoms with Gasteiger partial charge in [-0.1, -0.05) is 0 Å². The first-order valence-electron chi connectivity index (χ1n) is 5.55. The molecule has 0 N–H and O–H groups in total. The summed E-state index contributed by atoms with van der Waals surface area (Å²) in [7, 11) is -2.63. The van der Waals surface area contributed by atoms with E-state index in [1.165, 1.54) is 0 Å². The van der Waals surface area contributed by atoms with E-state index in [2.05, 4.69) is 0 Å². The molecule has 0 radical (unpaired) electrons. The molecule has 3 nitrogen and oxygen atoms in total. The maximum Gasteiger partial charge on any atom is 0.418 e. The minimum Gasteiger partial charge on any atom is -0.423 e. The quantitative estimate of drug-likeness (QED) is 0.381. The Morgan fingerprint density at radius 3 is 1.44 bits per heavy atom. The third-order valence-corrected chi connectivity index (χ3v) is 2.78. The van der Waals surface area contributed by atoms with Crippen LogP contribution in [-0.2, 0) is 13.6 Å². The molecule has 106 valence electrons. The molecule has 0 aliphatic heterocycles. The fourth-order valence-electron chi connectivity index (χ4n) is 1.31. The maximum absolute atomic E-state index is 11.6. The molecule has 0 bridgehead atoms. The van der Waals surface area contributed by atoms with E-state index in [1.54, 1.807) is 53.7 Å². The summed E-state index contributed by atoms with van der Waals surface area (Å²) in [5.41, 5.74) is 0. The molecular formula is C12H21Cl2O3P. The van der Waals surface area contributed by atoms with Crippen LogP contribution in [0.25, 0.3) is 0 Å². The van der Waals surface area contributed by atoms with Crippen LogP contribution in [0.1, 0.15) is 41.5 Å². The van der Waals surface area contributed by atoms with Crippen LogP contribution in [0.2, 0.25) is 0 Å². The van der Waals surface area contributed by atoms with Crippen LogP contribution in [-0.4, -0.2) is 9.75 Å². The Balaban J connectivity index is 4.46. The van der Waals surface area contributed by atoms with Crippen molar-refractivity contribution in [1.29, 1.82) is 0 Å². The fraction of sp³-hybridized carbons (Fsp3) is 0.667. The second-order valence-corrected chi connectivity index (χ2v) is 7.95. The van der Waals surface area contributed by atoms with Crippen molar-refractivity contribution < 1.29 is 13.6 Å². The van der Waals surface area contributed by atoms with Crippen molar-refractivity contribution in [1.82, 2.24) is 0 Å². The molecule has 6 heteroatoms. The van der Waals surface area contributed by atoms with Crippen LogP contribution in [0.5, 0.6) is 0 Å². The number of hydrogen-bond donors (Lipinski definition) is 0. The Bertz CT molecular complexity index is 328. The SMILES string of the molecule is CC(=CC(C)(C)Cl)O[PH](=O)OC(C)=CC(C)(C)Cl. The second kappa shape index (κ2) is 6.88. The molecule has 0 rings (SSSR count). The topological polar surface area (TPSA) is 35.5 Å². The normalized spacial score (nSPS) is 16.4. The first-order valence-corrected chi connectivity index (χ1v) is 7.53. The van der Waals surface area contributed by atoms with Gasteiger partial charge in [0.1, 0.15) is 11.5 Å². The highest BCUT2D eigenvalue weighted by Crippen LogP contribution is 2.33. The molecule has 0 saturated heterocycles. The predicted molar refractivity (Wildman–Crippen MR) is 78.5 cm³/mol. The van der Waals surface area contributed by atoms with Gasteiger partial charge >= 0.3 is 8.25 Å². The van der Waals surface area contributed by atoms with Gasteiger partial charge in [0.15, 0.2) is 0 Å². The standard InChI is InChI=1S/C12H21Cl2O3P/c1-9(7-11(3,4)13)16-18(15)17-10(2)8-12(5,6)14/h7-8,18H,1-6H3. The van der Waals surface area contributed by atoms with Crippen LogP contribution < -0.4 is 0 Å². The van der Waals surface area contributed by atoms with E-state index in [-0.39, 0.29) is 0 Å². The molecule has 0 atom stereocenters. The van der Waals surface area contributed by atoms with Crippen LogP contribution >= 0.6 is 31.5 Å². The Morgan fingerprint density at radius 2 is 1.22 bits per heavy atom. The van der Waals surface area contributed by atoms with E-state index in [0.29, 0.717) is 11.5 Å². The van der Waals surface area contributed by atoms with Gasteiger partial charge in [-0.05, 0) is 53.7 Å². The van der Waals surface area contributed by atoms with Crippen molar-refractivity contribution in [3.8, 4) is 0 Å². The summed E-state index contributed by atoms with van der Waals surface area (Å²) in [5, 5.41) is 0. The molecule has 0 aromatic rings. The van der Waals surface area contributed by atoms with Gasteiger partial charge in [-0.25, -0.2) is 4.57 Å². The molecule has 0 spiro atoms. The molecule has 0 fully saturated rings. The van der Waals surface area contributed by atoms with Gasteiger partial charge in [0.05, 0.1) is 9.75 Å². The van der Waals surface area contributed by atoms with Crippen molar-refractivity contribution in [2.75, 3.05) is 0 Å². The maximum atomic E-state index is 11.6. The van der Waals surface area contributed by atoms with Crippen molar-refractivity contribution in [3.63, 3.8) is 0 Å². The number of allylic oxidation sites excluding steroid dienone is 4. The van der Waals surface area contributed by atoms with Gasteiger partial charge < -0.3 is 9.05 Å². The summed E-state index contributed by atoms with van der Waals surface area (Å²) in [6, 6.07) is 0. The van der Waals surface area contributed by atoms with Crippen molar-refractivity contribution in [2.45, 2.75) is 51.3 Å². The Labute approximate surface area is 120 Å². The van der Waals surface area contributed by atoms with E-state index < -0.39 is 18.0 Å². The molecule has 0 aliphatic rings. The lowest BCUT2D eigenvalue weighted by molar-refractivity contribution is 0.314. The van der Waals surface area contributed by atoms with E-state index in [1.807, 2.05) is 0 Å². The summed E-state index contributed by atoms with van der Waals surface area (Å²) >= 11 is 12.0. The number of alkyl halides is 2. The largest absolute Gasteiger partial charge is 0.423 e. The fourth-order valence-corrected chi connectivity index (χ4v) is 2.30. The lowest BCUT2D eigenvalue weighted by atomic mass is 10.2. The van der Waals surface area contributed by atoms with Crippen LogP contribution in [0, 0.1) is 0 Å². The predicted octanol–water partition coefficient (Wildman–Crippen LogP) is 5.25. The van der Waals surface area contributed by atoms with Gasteiger partial charge in [-0.2, -0.15) is 0 Å². The van der Waals surface area contributed by atoms with Crippen molar-refractivity contribution >= 4 is 31.5 Å². The molecule has 18 heavy (non-hydrogen) atoms. The zero-order valence-electron chi connectivity index (χ0n) is 11.6. The zero-order valence-corrected chi connectivity index (χ0v) is 14.1. The van der Waals surface area contributed by atoms with E-state index in [9.17, 15) is 4.57 Å². The van der Waals surface area contributed by atoms with Crippen molar-refractivity contribution in [2.24, 2.45) is 0 Å². The number of rotatable bonds is 6. The van der Waals surface area contributed by atoms with Crippen LogP contribution in [0.3, 0.4) is 0 Å². The zero-order chi connectivity index (χ0) is 14.6. The molecule has 0 heterocycles. The average Bonchev–Trinajstić information content (AvgIpc) is 1.92. The summed E-state index contributed by atoms with van der Waals surface area (Å²) in [5.74, 6) is 0.939. The Morgan fingerprint density at radius 1 is 0.944 bits per heavy atom. The molecule has 0 aromatic carbocycles. The molecule has 0 unspecified atom stereocenters. The molecule has 0 aromatic heterocycles. The van der Waals surface area contributed by atoms with E-state index in [4.69, 9.17) is 32.2 Å². The molecule has 0 saturated carbocycles. The van der Waals surface area contributed by atoms with Crippen LogP contribution in [0.15, 0.2) is 23.7 Å². The average molecular weight is 315 g/mol. The number of halogens is 2. The van der Waals surface area contributed by atoms with E-state index >= 15 is 0 Å². The van der Waals surface area contributed by atoms with Gasteiger partial charge in [-0.3, -0.25) is 0 Å². The molecular weight excluding hydrogens is 294 g/mol. The first kappa shape index (κ1) is 17.9. The number of hydrogen-bond acceptors (Lipinski definition) is 3. The third kappa shape index (κ3) is 11.0. The first-order chi connectivity index (χ1) is 7.89. The van der Waals surface area contributed by atoms with Gasteiger partial charge in [0.2, 0.25) is 0 Å². The van der Waals surface area contributed by atoms with Crippen molar-refractivity contribution in [3.05, 3.63) is 23.7 Å². The highest BCUT2D eigenvalue weighted by Gasteiger charge is 2.13. The van der Waals surface area contributed by atoms with Gasteiger partial charge in [0, 0.05) is 0 Å². The summed E-state index contributed by atoms with van der Waals surface area (Å²) in [6.07, 6.45) is 3.34. The molecule has 0 aliphatic carbocycles. The summed E-state index contributed by atoms with van der Waals surface area (Å²) in [6.45, 7) is 10.6. The minimum absolute atomic E-state index is 0.469. The second-order valence-electron chi connectivity index (χ2n) is 5.09. The van der Waals surface area contributed by atoms with Crippen LogP contribution in [0.4, 0.5) is 0 Å². The highest BCUT2D eigenvalue weighted by molar-refractivity contribution is 7.33. The smallest absolute Gasteiger partial charge is 0.418 e.